The number of nitrogens with one attached hydrogen (secondary N) is 5. The number of rotatable bonds is 3. The van der Waals surface area contributed by atoms with Crippen molar-refractivity contribution in [1.29, 1.82) is 0 Å². The van der Waals surface area contributed by atoms with Gasteiger partial charge in [-0.25, -0.2) is 15.8 Å². The summed E-state index contributed by atoms with van der Waals surface area (Å²) in [5.74, 6) is 0.830. The number of thiophene rings is 1. The van der Waals surface area contributed by atoms with E-state index >= 15 is 0 Å². The van der Waals surface area contributed by atoms with E-state index in [-0.39, 0.29) is 6.17 Å². The van der Waals surface area contributed by atoms with Crippen LogP contribution in [0.3, 0.4) is 0 Å². The molecular formula is C18H15ClN6S. The van der Waals surface area contributed by atoms with Crippen LogP contribution < -0.4 is 27.2 Å². The van der Waals surface area contributed by atoms with Crippen molar-refractivity contribution in [2.45, 2.75) is 6.17 Å². The summed E-state index contributed by atoms with van der Waals surface area (Å²) in [6, 6.07) is 16.1. The van der Waals surface area contributed by atoms with Gasteiger partial charge in [0.05, 0.1) is 5.52 Å². The summed E-state index contributed by atoms with van der Waals surface area (Å²) in [5.41, 5.74) is 14.8. The van der Waals surface area contributed by atoms with Gasteiger partial charge in [-0.1, -0.05) is 29.8 Å². The van der Waals surface area contributed by atoms with E-state index in [9.17, 15) is 0 Å². The van der Waals surface area contributed by atoms with Crippen LogP contribution in [0.25, 0.3) is 21.0 Å². The summed E-state index contributed by atoms with van der Waals surface area (Å²) in [7, 11) is 0. The largest absolute Gasteiger partial charge is 0.340 e. The summed E-state index contributed by atoms with van der Waals surface area (Å²) in [4.78, 5) is 4.89. The molecule has 4 aromatic rings. The average Bonchev–Trinajstić information content (AvgIpc) is 3.33. The third-order valence-electron chi connectivity index (χ3n) is 4.34. The molecule has 5 N–H and O–H groups in total. The number of hydrogen-bond donors (Lipinski definition) is 5. The predicted molar refractivity (Wildman–Crippen MR) is 107 cm³/mol. The minimum Gasteiger partial charge on any atom is -0.340 e. The van der Waals surface area contributed by atoms with Crippen molar-refractivity contribution < 1.29 is 0 Å². The topological polar surface area (TPSA) is 73.0 Å². The van der Waals surface area contributed by atoms with Crippen LogP contribution in [0.4, 0.5) is 11.5 Å². The van der Waals surface area contributed by atoms with Crippen molar-refractivity contribution in [2.24, 2.45) is 0 Å². The van der Waals surface area contributed by atoms with Gasteiger partial charge in [0, 0.05) is 26.2 Å². The van der Waals surface area contributed by atoms with Gasteiger partial charge in [-0.15, -0.1) is 11.3 Å². The molecule has 0 amide bonds. The first-order chi connectivity index (χ1) is 12.8. The van der Waals surface area contributed by atoms with Gasteiger partial charge in [-0.3, -0.25) is 0 Å². The average molecular weight is 383 g/mol. The van der Waals surface area contributed by atoms with Crippen LogP contribution in [0.1, 0.15) is 11.7 Å². The first-order valence-corrected chi connectivity index (χ1v) is 9.38. The fraction of sp³-hybridized carbons (Fsp3) is 0.0556. The van der Waals surface area contributed by atoms with Crippen molar-refractivity contribution in [3.8, 4) is 0 Å². The summed E-state index contributed by atoms with van der Waals surface area (Å²) in [6.07, 6.45) is -0.0235. The third kappa shape index (κ3) is 2.80. The first-order valence-electron chi connectivity index (χ1n) is 8.12. The zero-order chi connectivity index (χ0) is 17.5. The van der Waals surface area contributed by atoms with E-state index in [2.05, 4.69) is 56.9 Å². The van der Waals surface area contributed by atoms with E-state index in [0.29, 0.717) is 5.02 Å². The molecule has 0 bridgehead atoms. The van der Waals surface area contributed by atoms with Crippen molar-refractivity contribution >= 4 is 55.4 Å². The Bertz CT molecular complexity index is 1110. The second-order valence-electron chi connectivity index (χ2n) is 6.01. The van der Waals surface area contributed by atoms with Gasteiger partial charge in [0.15, 0.2) is 0 Å². The molecule has 1 saturated heterocycles. The second kappa shape index (κ2) is 6.48. The summed E-state index contributed by atoms with van der Waals surface area (Å²) < 4.78 is 1.22. The minimum atomic E-state index is -0.0235. The highest BCUT2D eigenvalue weighted by Gasteiger charge is 2.17. The van der Waals surface area contributed by atoms with Crippen molar-refractivity contribution in [2.75, 3.05) is 5.32 Å². The molecule has 0 saturated carbocycles. The monoisotopic (exact) mass is 382 g/mol. The molecule has 2 aromatic heterocycles. The lowest BCUT2D eigenvalue weighted by Crippen LogP contribution is -2.33. The van der Waals surface area contributed by atoms with E-state index < -0.39 is 0 Å². The molecule has 1 aliphatic heterocycles. The van der Waals surface area contributed by atoms with Gasteiger partial charge < -0.3 is 5.32 Å². The Balaban J connectivity index is 1.64. The lowest BCUT2D eigenvalue weighted by Gasteiger charge is -2.13. The Morgan fingerprint density at radius 2 is 1.88 bits per heavy atom. The van der Waals surface area contributed by atoms with Gasteiger partial charge in [-0.05, 0) is 41.3 Å². The summed E-state index contributed by atoms with van der Waals surface area (Å²) in [5, 5.41) is 8.45. The fourth-order valence-corrected chi connectivity index (χ4v) is 4.24. The highest BCUT2D eigenvalue weighted by atomic mass is 35.5. The number of hydrazine groups is 3. The normalized spacial score (nSPS) is 15.1. The molecule has 5 rings (SSSR count). The molecule has 1 aliphatic rings. The number of anilines is 2. The van der Waals surface area contributed by atoms with Crippen molar-refractivity contribution in [1.82, 2.24) is 26.9 Å². The number of fused-ring (bicyclic) bond motifs is 3. The standard InChI is InChI=1S/C18H15ClN6S/c19-11-2-1-3-12(9-11)20-18-14-6-7-26-16(14)13-5-4-10(8-15(13)21-18)17-22-24-25-23-17/h1-9,17,22-25H,(H,20,21). The highest BCUT2D eigenvalue weighted by Crippen LogP contribution is 2.35. The molecule has 130 valence electrons. The lowest BCUT2D eigenvalue weighted by molar-refractivity contribution is 0.555. The number of hydrogen-bond acceptors (Lipinski definition) is 7. The molecule has 0 atom stereocenters. The molecule has 3 heterocycles. The zero-order valence-corrected chi connectivity index (χ0v) is 15.1. The maximum Gasteiger partial charge on any atom is 0.139 e. The molecule has 8 heteroatoms. The van der Waals surface area contributed by atoms with Crippen LogP contribution in [-0.4, -0.2) is 4.98 Å². The van der Waals surface area contributed by atoms with Crippen LogP contribution in [0, 0.1) is 0 Å². The Kier molecular flexibility index (Phi) is 3.97. The molecule has 2 aromatic carbocycles. The maximum absolute atomic E-state index is 6.11. The van der Waals surface area contributed by atoms with Gasteiger partial charge in [0.2, 0.25) is 0 Å². The molecule has 1 fully saturated rings. The van der Waals surface area contributed by atoms with Gasteiger partial charge in [-0.2, -0.15) is 11.1 Å². The quantitative estimate of drug-likeness (QED) is 0.369. The Hall–Kier alpha value is -2.26. The number of aromatic nitrogens is 1. The first kappa shape index (κ1) is 16.0. The Labute approximate surface area is 158 Å². The van der Waals surface area contributed by atoms with E-state index in [1.165, 1.54) is 4.70 Å². The highest BCUT2D eigenvalue weighted by molar-refractivity contribution is 7.18. The SMILES string of the molecule is Clc1cccc(Nc2nc3cc(C4NNNN4)ccc3c3sccc23)c1. The van der Waals surface area contributed by atoms with E-state index in [1.807, 2.05) is 24.3 Å². The van der Waals surface area contributed by atoms with Gasteiger partial charge in [0.1, 0.15) is 12.0 Å². The third-order valence-corrected chi connectivity index (χ3v) is 5.52. The second-order valence-corrected chi connectivity index (χ2v) is 7.36. The zero-order valence-electron chi connectivity index (χ0n) is 13.5. The minimum absolute atomic E-state index is 0.0235. The van der Waals surface area contributed by atoms with Crippen LogP contribution in [0.5, 0.6) is 0 Å². The van der Waals surface area contributed by atoms with Crippen molar-refractivity contribution in [3.05, 3.63) is 64.5 Å². The van der Waals surface area contributed by atoms with E-state index in [1.54, 1.807) is 11.3 Å². The lowest BCUT2D eigenvalue weighted by atomic mass is 10.1. The number of pyridine rings is 1. The van der Waals surface area contributed by atoms with Crippen LogP contribution in [0.2, 0.25) is 5.02 Å². The van der Waals surface area contributed by atoms with E-state index in [0.717, 1.165) is 33.4 Å². The van der Waals surface area contributed by atoms with Crippen molar-refractivity contribution in [3.63, 3.8) is 0 Å². The smallest absolute Gasteiger partial charge is 0.139 e. The fourth-order valence-electron chi connectivity index (χ4n) is 3.12. The molecule has 0 radical (unpaired) electrons. The molecule has 0 unspecified atom stereocenters. The molecular weight excluding hydrogens is 368 g/mol. The van der Waals surface area contributed by atoms with Crippen LogP contribution in [-0.2, 0) is 0 Å². The maximum atomic E-state index is 6.11. The van der Waals surface area contributed by atoms with Crippen LogP contribution >= 0.6 is 22.9 Å². The molecule has 0 spiro atoms. The van der Waals surface area contributed by atoms with E-state index in [4.69, 9.17) is 16.6 Å². The number of nitrogens with zero attached hydrogens (tertiary/aromatic N) is 1. The molecule has 6 nitrogen and oxygen atoms in total. The molecule has 0 aliphatic carbocycles. The number of halogens is 1. The summed E-state index contributed by atoms with van der Waals surface area (Å²) in [6.45, 7) is 0. The summed E-state index contributed by atoms with van der Waals surface area (Å²) >= 11 is 7.83. The Morgan fingerprint density at radius 3 is 2.73 bits per heavy atom. The Morgan fingerprint density at radius 1 is 1.00 bits per heavy atom. The van der Waals surface area contributed by atoms with Gasteiger partial charge in [0.25, 0.3) is 0 Å². The van der Waals surface area contributed by atoms with Crippen LogP contribution in [0.15, 0.2) is 53.9 Å². The number of benzene rings is 2. The predicted octanol–water partition coefficient (Wildman–Crippen LogP) is 3.96. The van der Waals surface area contributed by atoms with Gasteiger partial charge >= 0.3 is 0 Å². The molecule has 26 heavy (non-hydrogen) atoms.